The molecule has 0 spiro atoms. The van der Waals surface area contributed by atoms with Gasteiger partial charge in [0.05, 0.1) is 6.54 Å². The number of ether oxygens (including phenoxy) is 1. The van der Waals surface area contributed by atoms with E-state index < -0.39 is 0 Å². The Labute approximate surface area is 186 Å². The average Bonchev–Trinajstić information content (AvgIpc) is 3.38. The van der Waals surface area contributed by atoms with Gasteiger partial charge in [-0.3, -0.25) is 9.98 Å². The Morgan fingerprint density at radius 3 is 2.83 bits per heavy atom. The van der Waals surface area contributed by atoms with Crippen molar-refractivity contribution in [3.63, 3.8) is 0 Å². The Balaban J connectivity index is 0.00000240. The zero-order valence-electron chi connectivity index (χ0n) is 16.0. The first-order chi connectivity index (χ1) is 13.8. The van der Waals surface area contributed by atoms with Crippen LogP contribution < -0.4 is 15.4 Å². The van der Waals surface area contributed by atoms with Gasteiger partial charge in [-0.1, -0.05) is 29.4 Å². The topological polar surface area (TPSA) is 97.5 Å². The van der Waals surface area contributed by atoms with Crippen LogP contribution in [0, 0.1) is 0 Å². The Hall–Kier alpha value is -2.69. The Bertz CT molecular complexity index is 922. The lowest BCUT2D eigenvalue weighted by Crippen LogP contribution is -2.42. The van der Waals surface area contributed by atoms with Gasteiger partial charge in [-0.15, -0.1) is 24.0 Å². The van der Waals surface area contributed by atoms with Gasteiger partial charge in [0.25, 0.3) is 5.89 Å². The molecule has 4 rings (SSSR count). The number of fused-ring (bicyclic) bond motifs is 1. The number of guanidine groups is 1. The van der Waals surface area contributed by atoms with Crippen molar-refractivity contribution in [3.05, 3.63) is 60.0 Å². The van der Waals surface area contributed by atoms with Gasteiger partial charge in [0.1, 0.15) is 17.5 Å². The minimum absolute atomic E-state index is 0. The smallest absolute Gasteiger partial charge is 0.276 e. The summed E-state index contributed by atoms with van der Waals surface area (Å²) in [6, 6.07) is 13.7. The van der Waals surface area contributed by atoms with E-state index in [-0.39, 0.29) is 30.1 Å². The van der Waals surface area contributed by atoms with Crippen molar-refractivity contribution in [3.8, 4) is 17.3 Å². The maximum absolute atomic E-state index is 5.94. The summed E-state index contributed by atoms with van der Waals surface area (Å²) in [6.45, 7) is 1.31. The third-order valence-corrected chi connectivity index (χ3v) is 4.43. The minimum atomic E-state index is 0. The molecule has 0 fully saturated rings. The second-order valence-corrected chi connectivity index (χ2v) is 6.41. The summed E-state index contributed by atoms with van der Waals surface area (Å²) >= 11 is 0. The molecule has 0 amide bonds. The highest BCUT2D eigenvalue weighted by molar-refractivity contribution is 14.0. The summed E-state index contributed by atoms with van der Waals surface area (Å²) in [6.07, 6.45) is 3.32. The van der Waals surface area contributed by atoms with Gasteiger partial charge >= 0.3 is 0 Å². The van der Waals surface area contributed by atoms with Crippen molar-refractivity contribution >= 4 is 29.9 Å². The Morgan fingerprint density at radius 2 is 2.03 bits per heavy atom. The van der Waals surface area contributed by atoms with E-state index in [0.717, 1.165) is 12.2 Å². The van der Waals surface area contributed by atoms with Crippen LogP contribution in [0.3, 0.4) is 0 Å². The second-order valence-electron chi connectivity index (χ2n) is 6.41. The summed E-state index contributed by atoms with van der Waals surface area (Å²) in [4.78, 5) is 12.8. The molecule has 2 N–H and O–H groups in total. The molecule has 0 saturated carbocycles. The van der Waals surface area contributed by atoms with Gasteiger partial charge in [-0.2, -0.15) is 4.98 Å². The summed E-state index contributed by atoms with van der Waals surface area (Å²) in [7, 11) is 1.74. The van der Waals surface area contributed by atoms with Gasteiger partial charge in [0.15, 0.2) is 11.8 Å². The summed E-state index contributed by atoms with van der Waals surface area (Å²) in [5.41, 5.74) is 1.92. The molecule has 152 valence electrons. The van der Waals surface area contributed by atoms with Crippen molar-refractivity contribution in [2.75, 3.05) is 20.1 Å². The lowest BCUT2D eigenvalue weighted by molar-refractivity contribution is 0.235. The zero-order chi connectivity index (χ0) is 19.2. The van der Waals surface area contributed by atoms with Crippen LogP contribution in [0.15, 0.2) is 58.2 Å². The highest BCUT2D eigenvalue weighted by Gasteiger charge is 2.22. The molecule has 1 aliphatic heterocycles. The number of pyridine rings is 1. The number of nitrogens with zero attached hydrogens (tertiary/aromatic N) is 4. The molecule has 1 atom stereocenters. The predicted molar refractivity (Wildman–Crippen MR) is 121 cm³/mol. The van der Waals surface area contributed by atoms with E-state index in [1.807, 2.05) is 36.4 Å². The monoisotopic (exact) mass is 506 g/mol. The molecule has 1 aliphatic rings. The van der Waals surface area contributed by atoms with Crippen LogP contribution in [0.5, 0.6) is 5.75 Å². The largest absolute Gasteiger partial charge is 0.488 e. The molecule has 2 aromatic heterocycles. The van der Waals surface area contributed by atoms with Crippen LogP contribution in [-0.2, 0) is 12.8 Å². The summed E-state index contributed by atoms with van der Waals surface area (Å²) in [5.74, 6) is 2.74. The van der Waals surface area contributed by atoms with Gasteiger partial charge in [0, 0.05) is 32.6 Å². The molecule has 29 heavy (non-hydrogen) atoms. The molecular weight excluding hydrogens is 483 g/mol. The molecule has 3 heterocycles. The maximum atomic E-state index is 5.94. The summed E-state index contributed by atoms with van der Waals surface area (Å²) in [5, 5.41) is 10.6. The fourth-order valence-electron chi connectivity index (χ4n) is 3.04. The van der Waals surface area contributed by atoms with Gasteiger partial charge < -0.3 is 19.9 Å². The van der Waals surface area contributed by atoms with Crippen molar-refractivity contribution in [2.45, 2.75) is 18.9 Å². The Morgan fingerprint density at radius 1 is 1.17 bits per heavy atom. The van der Waals surface area contributed by atoms with Crippen LogP contribution >= 0.6 is 24.0 Å². The van der Waals surface area contributed by atoms with Crippen LogP contribution in [0.2, 0.25) is 0 Å². The number of aliphatic imine (C=N–C) groups is 1. The van der Waals surface area contributed by atoms with E-state index in [9.17, 15) is 0 Å². The molecule has 0 radical (unpaired) electrons. The third-order valence-electron chi connectivity index (χ3n) is 4.43. The molecule has 0 saturated heterocycles. The number of nitrogens with one attached hydrogen (secondary N) is 2. The van der Waals surface area contributed by atoms with Crippen molar-refractivity contribution < 1.29 is 9.26 Å². The lowest BCUT2D eigenvalue weighted by Gasteiger charge is -2.15. The SMILES string of the molecule is CN=C(NCCc1noc(-c2ccccn2)n1)NCC1Cc2ccccc2O1.I. The highest BCUT2D eigenvalue weighted by atomic mass is 127. The quantitative estimate of drug-likeness (QED) is 0.301. The van der Waals surface area contributed by atoms with Crippen molar-refractivity contribution in [1.29, 1.82) is 0 Å². The molecule has 8 nitrogen and oxygen atoms in total. The fraction of sp³-hybridized carbons (Fsp3) is 0.300. The van der Waals surface area contributed by atoms with Gasteiger partial charge in [-0.05, 0) is 23.8 Å². The Kier molecular flexibility index (Phi) is 7.39. The number of hydrogen-bond donors (Lipinski definition) is 2. The maximum Gasteiger partial charge on any atom is 0.276 e. The molecule has 1 aromatic carbocycles. The van der Waals surface area contributed by atoms with Gasteiger partial charge in [0.2, 0.25) is 0 Å². The molecule has 3 aromatic rings. The van der Waals surface area contributed by atoms with E-state index in [1.54, 1.807) is 13.2 Å². The van der Waals surface area contributed by atoms with E-state index in [1.165, 1.54) is 5.56 Å². The molecule has 1 unspecified atom stereocenters. The summed E-state index contributed by atoms with van der Waals surface area (Å²) < 4.78 is 11.2. The van der Waals surface area contributed by atoms with Crippen LogP contribution in [0.25, 0.3) is 11.6 Å². The first kappa shape index (κ1) is 21.0. The number of hydrogen-bond acceptors (Lipinski definition) is 6. The van der Waals surface area contributed by atoms with Crippen molar-refractivity contribution in [2.24, 2.45) is 4.99 Å². The average molecular weight is 506 g/mol. The number of rotatable bonds is 6. The standard InChI is InChI=1S/C20H22N6O2.HI/c1-21-20(24-13-15-12-14-6-2-3-8-17(14)27-15)23-11-9-18-25-19(28-26-18)16-7-4-5-10-22-16;/h2-8,10,15H,9,11-13H2,1H3,(H2,21,23,24);1H. The number of aromatic nitrogens is 3. The third kappa shape index (κ3) is 5.43. The van der Waals surface area contributed by atoms with Crippen LogP contribution in [0.4, 0.5) is 0 Å². The zero-order valence-corrected chi connectivity index (χ0v) is 18.4. The van der Waals surface area contributed by atoms with Gasteiger partial charge in [-0.25, -0.2) is 0 Å². The lowest BCUT2D eigenvalue weighted by atomic mass is 10.1. The molecule has 0 bridgehead atoms. The van der Waals surface area contributed by atoms with E-state index >= 15 is 0 Å². The van der Waals surface area contributed by atoms with Crippen LogP contribution in [-0.4, -0.2) is 47.3 Å². The number of para-hydroxylation sites is 1. The highest BCUT2D eigenvalue weighted by Crippen LogP contribution is 2.27. The van der Waals surface area contributed by atoms with E-state index in [2.05, 4.69) is 36.8 Å². The van der Waals surface area contributed by atoms with Crippen molar-refractivity contribution in [1.82, 2.24) is 25.8 Å². The molecule has 9 heteroatoms. The first-order valence-corrected chi connectivity index (χ1v) is 9.25. The number of halogens is 1. The minimum Gasteiger partial charge on any atom is -0.488 e. The molecule has 0 aliphatic carbocycles. The van der Waals surface area contributed by atoms with Crippen LogP contribution in [0.1, 0.15) is 11.4 Å². The van der Waals surface area contributed by atoms with E-state index in [4.69, 9.17) is 9.26 Å². The first-order valence-electron chi connectivity index (χ1n) is 9.25. The normalized spacial score (nSPS) is 15.2. The number of benzene rings is 1. The predicted octanol–water partition coefficient (Wildman–Crippen LogP) is 2.46. The fourth-order valence-corrected chi connectivity index (χ4v) is 3.04. The second kappa shape index (κ2) is 10.2. The van der Waals surface area contributed by atoms with E-state index in [0.29, 0.717) is 42.9 Å². The molecular formula is C20H23IN6O2.